The summed E-state index contributed by atoms with van der Waals surface area (Å²) in [6.45, 7) is 3.56. The number of rotatable bonds is 4. The first-order valence-corrected chi connectivity index (χ1v) is 5.15. The molecule has 4 heteroatoms. The Labute approximate surface area is 94.8 Å². The number of benzene rings is 1. The largest absolute Gasteiger partial charge is 0.343 e. The summed E-state index contributed by atoms with van der Waals surface area (Å²) < 4.78 is 0. The number of carbonyl (C=O) groups is 2. The zero-order valence-electron chi connectivity index (χ0n) is 9.49. The van der Waals surface area contributed by atoms with Gasteiger partial charge in [0.1, 0.15) is 0 Å². The van der Waals surface area contributed by atoms with Crippen molar-refractivity contribution in [3.8, 4) is 0 Å². The summed E-state index contributed by atoms with van der Waals surface area (Å²) in [5.74, 6) is -0.307. The molecule has 4 nitrogen and oxygen atoms in total. The van der Waals surface area contributed by atoms with Gasteiger partial charge in [0.05, 0.1) is 6.04 Å². The summed E-state index contributed by atoms with van der Waals surface area (Å²) in [6, 6.07) is 6.54. The van der Waals surface area contributed by atoms with Crippen molar-refractivity contribution >= 4 is 11.7 Å². The van der Waals surface area contributed by atoms with Gasteiger partial charge in [-0.05, 0) is 31.5 Å². The van der Waals surface area contributed by atoms with E-state index in [4.69, 9.17) is 5.73 Å². The lowest BCUT2D eigenvalue weighted by molar-refractivity contribution is -0.118. The van der Waals surface area contributed by atoms with E-state index in [-0.39, 0.29) is 11.7 Å². The first-order chi connectivity index (χ1) is 7.54. The van der Waals surface area contributed by atoms with Gasteiger partial charge in [0.15, 0.2) is 5.78 Å². The second-order valence-corrected chi connectivity index (χ2v) is 3.71. The molecule has 1 aromatic rings. The highest BCUT2D eigenvalue weighted by Crippen LogP contribution is 2.04. The predicted octanol–water partition coefficient (Wildman–Crippen LogP) is 0.853. The summed E-state index contributed by atoms with van der Waals surface area (Å²) in [6.07, 6.45) is 0. The highest BCUT2D eigenvalue weighted by atomic mass is 16.2. The van der Waals surface area contributed by atoms with Gasteiger partial charge in [-0.2, -0.15) is 0 Å². The molecule has 16 heavy (non-hydrogen) atoms. The van der Waals surface area contributed by atoms with Crippen LogP contribution in [0.2, 0.25) is 0 Å². The Morgan fingerprint density at radius 2 is 1.88 bits per heavy atom. The molecule has 0 fully saturated rings. The lowest BCUT2D eigenvalue weighted by Crippen LogP contribution is -2.37. The fourth-order valence-corrected chi connectivity index (χ4v) is 1.17. The minimum absolute atomic E-state index is 0.0630. The van der Waals surface area contributed by atoms with Crippen molar-refractivity contribution in [3.05, 3.63) is 35.4 Å². The maximum atomic E-state index is 11.7. The molecule has 0 radical (unpaired) electrons. The molecular weight excluding hydrogens is 204 g/mol. The van der Waals surface area contributed by atoms with Crippen molar-refractivity contribution in [1.82, 2.24) is 5.32 Å². The molecule has 0 aromatic heterocycles. The van der Waals surface area contributed by atoms with Crippen LogP contribution in [-0.4, -0.2) is 17.7 Å². The zero-order chi connectivity index (χ0) is 12.1. The van der Waals surface area contributed by atoms with E-state index in [0.29, 0.717) is 12.1 Å². The van der Waals surface area contributed by atoms with E-state index in [0.717, 1.165) is 5.56 Å². The van der Waals surface area contributed by atoms with Gasteiger partial charge >= 0.3 is 0 Å². The maximum absolute atomic E-state index is 11.7. The number of ketones is 1. The fourth-order valence-electron chi connectivity index (χ4n) is 1.17. The molecule has 1 unspecified atom stereocenters. The smallest absolute Gasteiger partial charge is 0.251 e. The van der Waals surface area contributed by atoms with Gasteiger partial charge in [0.2, 0.25) is 0 Å². The molecule has 1 rings (SSSR count). The predicted molar refractivity (Wildman–Crippen MR) is 61.9 cm³/mol. The van der Waals surface area contributed by atoms with Crippen LogP contribution in [0.3, 0.4) is 0 Å². The lowest BCUT2D eigenvalue weighted by Gasteiger charge is -2.10. The molecule has 0 aliphatic carbocycles. The number of hydrogen-bond donors (Lipinski definition) is 2. The third-order valence-electron chi connectivity index (χ3n) is 2.41. The third-order valence-corrected chi connectivity index (χ3v) is 2.41. The summed E-state index contributed by atoms with van der Waals surface area (Å²) in [5.41, 5.74) is 6.95. The van der Waals surface area contributed by atoms with Gasteiger partial charge in [-0.25, -0.2) is 0 Å². The van der Waals surface area contributed by atoms with Gasteiger partial charge in [-0.1, -0.05) is 12.1 Å². The molecule has 1 amide bonds. The van der Waals surface area contributed by atoms with Crippen LogP contribution in [-0.2, 0) is 11.3 Å². The normalized spacial score (nSPS) is 11.9. The van der Waals surface area contributed by atoms with Gasteiger partial charge in [-0.3, -0.25) is 9.59 Å². The fraction of sp³-hybridized carbons (Fsp3) is 0.333. The van der Waals surface area contributed by atoms with Crippen LogP contribution < -0.4 is 11.1 Å². The van der Waals surface area contributed by atoms with Gasteiger partial charge in [0.25, 0.3) is 5.91 Å². The van der Waals surface area contributed by atoms with E-state index in [2.05, 4.69) is 5.32 Å². The number of amides is 1. The van der Waals surface area contributed by atoms with E-state index in [1.54, 1.807) is 31.2 Å². The zero-order valence-corrected chi connectivity index (χ0v) is 9.49. The number of nitrogens with one attached hydrogen (secondary N) is 1. The van der Waals surface area contributed by atoms with Crippen LogP contribution >= 0.6 is 0 Å². The minimum atomic E-state index is -0.457. The highest BCUT2D eigenvalue weighted by Gasteiger charge is 2.12. The van der Waals surface area contributed by atoms with E-state index in [1.165, 1.54) is 6.92 Å². The summed E-state index contributed by atoms with van der Waals surface area (Å²) in [5, 5.41) is 2.61. The van der Waals surface area contributed by atoms with Crippen LogP contribution in [0.1, 0.15) is 29.8 Å². The number of nitrogens with two attached hydrogens (primary N) is 1. The Hall–Kier alpha value is -1.68. The Morgan fingerprint density at radius 1 is 1.31 bits per heavy atom. The van der Waals surface area contributed by atoms with E-state index in [1.807, 2.05) is 0 Å². The van der Waals surface area contributed by atoms with E-state index < -0.39 is 6.04 Å². The molecule has 0 saturated carbocycles. The molecule has 3 N–H and O–H groups in total. The first kappa shape index (κ1) is 12.4. The second-order valence-electron chi connectivity index (χ2n) is 3.71. The molecule has 0 aliphatic rings. The number of hydrogen-bond acceptors (Lipinski definition) is 3. The molecule has 1 aromatic carbocycles. The Morgan fingerprint density at radius 3 is 2.31 bits per heavy atom. The summed E-state index contributed by atoms with van der Waals surface area (Å²) >= 11 is 0. The topological polar surface area (TPSA) is 72.2 Å². The highest BCUT2D eigenvalue weighted by molar-refractivity contribution is 5.97. The average Bonchev–Trinajstić information content (AvgIpc) is 2.28. The molecule has 0 spiro atoms. The van der Waals surface area contributed by atoms with Gasteiger partial charge in [-0.15, -0.1) is 0 Å². The molecule has 1 atom stereocenters. The molecular formula is C12H16N2O2. The first-order valence-electron chi connectivity index (χ1n) is 5.15. The van der Waals surface area contributed by atoms with Crippen LogP contribution in [0.25, 0.3) is 0 Å². The second kappa shape index (κ2) is 5.42. The van der Waals surface area contributed by atoms with Crippen molar-refractivity contribution in [2.24, 2.45) is 5.73 Å². The SMILES string of the molecule is CC(=O)C(C)NC(=O)c1ccc(CN)cc1. The van der Waals surface area contributed by atoms with Crippen LogP contribution in [0.4, 0.5) is 0 Å². The molecule has 0 heterocycles. The average molecular weight is 220 g/mol. The van der Waals surface area contributed by atoms with Crippen molar-refractivity contribution < 1.29 is 9.59 Å². The van der Waals surface area contributed by atoms with Crippen LogP contribution in [0, 0.1) is 0 Å². The number of Topliss-reactive ketones (excluding diaryl/α,β-unsaturated/α-hetero) is 1. The summed E-state index contributed by atoms with van der Waals surface area (Å²) in [7, 11) is 0. The third kappa shape index (κ3) is 3.17. The van der Waals surface area contributed by atoms with Crippen molar-refractivity contribution in [3.63, 3.8) is 0 Å². The molecule has 0 bridgehead atoms. The van der Waals surface area contributed by atoms with Gasteiger partial charge < -0.3 is 11.1 Å². The quantitative estimate of drug-likeness (QED) is 0.790. The molecule has 0 saturated heterocycles. The monoisotopic (exact) mass is 220 g/mol. The van der Waals surface area contributed by atoms with Crippen LogP contribution in [0.5, 0.6) is 0 Å². The Kier molecular flexibility index (Phi) is 4.19. The molecule has 0 aliphatic heterocycles. The molecule has 86 valence electrons. The van der Waals surface area contributed by atoms with Crippen LogP contribution in [0.15, 0.2) is 24.3 Å². The number of carbonyl (C=O) groups excluding carboxylic acids is 2. The van der Waals surface area contributed by atoms with Crippen molar-refractivity contribution in [2.45, 2.75) is 26.4 Å². The minimum Gasteiger partial charge on any atom is -0.343 e. The standard InChI is InChI=1S/C12H16N2O2/c1-8(9(2)15)14-12(16)11-5-3-10(7-13)4-6-11/h3-6,8H,7,13H2,1-2H3,(H,14,16). The Bertz CT molecular complexity index is 385. The van der Waals surface area contributed by atoms with E-state index >= 15 is 0 Å². The summed E-state index contributed by atoms with van der Waals surface area (Å²) in [4.78, 5) is 22.6. The van der Waals surface area contributed by atoms with E-state index in [9.17, 15) is 9.59 Å². The van der Waals surface area contributed by atoms with Gasteiger partial charge in [0, 0.05) is 12.1 Å². The lowest BCUT2D eigenvalue weighted by atomic mass is 10.1. The Balaban J connectivity index is 2.69. The van der Waals surface area contributed by atoms with Crippen molar-refractivity contribution in [2.75, 3.05) is 0 Å². The van der Waals surface area contributed by atoms with Crippen molar-refractivity contribution in [1.29, 1.82) is 0 Å². The maximum Gasteiger partial charge on any atom is 0.251 e.